The van der Waals surface area contributed by atoms with Crippen molar-refractivity contribution in [3.63, 3.8) is 0 Å². The summed E-state index contributed by atoms with van der Waals surface area (Å²) in [5.41, 5.74) is 9.31. The highest BCUT2D eigenvalue weighted by atomic mass is 35.5. The second-order valence-corrected chi connectivity index (χ2v) is 12.6. The molecule has 0 bridgehead atoms. The summed E-state index contributed by atoms with van der Waals surface area (Å²) in [6, 6.07) is 33.9. The quantitative estimate of drug-likeness (QED) is 0.141. The van der Waals surface area contributed by atoms with E-state index < -0.39 is 5.97 Å². The molecule has 6 nitrogen and oxygen atoms in total. The van der Waals surface area contributed by atoms with E-state index in [-0.39, 0.29) is 18.2 Å². The number of anilines is 1. The summed E-state index contributed by atoms with van der Waals surface area (Å²) in [7, 11) is 0. The molecule has 0 radical (unpaired) electrons. The first-order valence-electron chi connectivity index (χ1n) is 16.5. The Hall–Kier alpha value is -5.07. The van der Waals surface area contributed by atoms with E-state index in [0.717, 1.165) is 63.9 Å². The number of unbranched alkanes of at least 4 members (excludes halogenated alkanes) is 1. The molecule has 2 heterocycles. The van der Waals surface area contributed by atoms with Crippen LogP contribution in [-0.2, 0) is 17.7 Å². The summed E-state index contributed by atoms with van der Waals surface area (Å²) < 4.78 is 9.64. The van der Waals surface area contributed by atoms with Crippen LogP contribution in [0.5, 0.6) is 0 Å². The zero-order chi connectivity index (χ0) is 33.8. The Labute approximate surface area is 286 Å². The smallest absolute Gasteiger partial charge is 0.357 e. The molecule has 0 aliphatic carbocycles. The van der Waals surface area contributed by atoms with Crippen molar-refractivity contribution in [1.82, 2.24) is 9.13 Å². The normalized spacial score (nSPS) is 11.2. The van der Waals surface area contributed by atoms with Crippen LogP contribution in [0.15, 0.2) is 103 Å². The Kier molecular flexibility index (Phi) is 9.83. The van der Waals surface area contributed by atoms with Gasteiger partial charge < -0.3 is 19.2 Å². The second-order valence-electron chi connectivity index (χ2n) is 12.1. The number of fused-ring (bicyclic) bond motifs is 1. The van der Waals surface area contributed by atoms with Crippen LogP contribution in [0, 0.1) is 13.8 Å². The van der Waals surface area contributed by atoms with Crippen molar-refractivity contribution in [2.45, 2.75) is 53.5 Å². The van der Waals surface area contributed by atoms with Crippen molar-refractivity contribution in [3.8, 4) is 16.8 Å². The minimum atomic E-state index is -0.514. The Morgan fingerprint density at radius 2 is 1.52 bits per heavy atom. The maximum atomic E-state index is 14.0. The Morgan fingerprint density at radius 3 is 2.23 bits per heavy atom. The van der Waals surface area contributed by atoms with Gasteiger partial charge in [-0.2, -0.15) is 0 Å². The maximum Gasteiger partial charge on any atom is 0.357 e. The summed E-state index contributed by atoms with van der Waals surface area (Å²) in [5.74, 6) is -0.835. The molecule has 0 aliphatic rings. The van der Waals surface area contributed by atoms with Crippen LogP contribution >= 0.6 is 11.6 Å². The summed E-state index contributed by atoms with van der Waals surface area (Å²) >= 11 is 6.38. The monoisotopic (exact) mass is 657 g/mol. The summed E-state index contributed by atoms with van der Waals surface area (Å²) in [5, 5.41) is 4.46. The molecule has 48 heavy (non-hydrogen) atoms. The number of carbonyl (C=O) groups is 2. The van der Waals surface area contributed by atoms with Gasteiger partial charge in [-0.15, -0.1) is 0 Å². The Balaban J connectivity index is 1.48. The molecule has 0 fully saturated rings. The fraction of sp³-hybridized carbons (Fsp3) is 0.220. The molecule has 0 saturated carbocycles. The number of hydrogen-bond acceptors (Lipinski definition) is 3. The number of hydrogen-bond donors (Lipinski definition) is 1. The summed E-state index contributed by atoms with van der Waals surface area (Å²) in [6.45, 7) is 8.59. The largest absolute Gasteiger partial charge is 0.461 e. The third kappa shape index (κ3) is 6.80. The molecule has 0 unspecified atom stereocenters. The van der Waals surface area contributed by atoms with Crippen molar-refractivity contribution in [2.24, 2.45) is 0 Å². The fourth-order valence-corrected chi connectivity index (χ4v) is 6.55. The number of halogens is 1. The van der Waals surface area contributed by atoms with E-state index >= 15 is 0 Å². The van der Waals surface area contributed by atoms with Gasteiger partial charge in [0.2, 0.25) is 0 Å². The number of benzene rings is 4. The van der Waals surface area contributed by atoms with Gasteiger partial charge in [-0.25, -0.2) is 4.79 Å². The molecule has 0 aliphatic heterocycles. The van der Waals surface area contributed by atoms with Crippen LogP contribution in [0.1, 0.15) is 70.1 Å². The standard InChI is InChI=1S/C41H40ClN3O3/c1-5-7-10-29-17-19-31(20-18-29)32-21-22-36-37(25-32)44(26-30-11-8-13-34(42)23-30)39(41(47)48-6-2)38(36)43-40(46)33-12-9-14-35(24-33)45-27(3)15-16-28(45)4/h8-9,11-25H,5-7,10,26H2,1-4H3,(H,43,46). The van der Waals surface area contributed by atoms with Crippen LogP contribution in [0.4, 0.5) is 5.69 Å². The van der Waals surface area contributed by atoms with E-state index in [9.17, 15) is 9.59 Å². The molecule has 7 heteroatoms. The minimum absolute atomic E-state index is 0.193. The lowest BCUT2D eigenvalue weighted by Gasteiger charge is -2.13. The average molecular weight is 658 g/mol. The highest BCUT2D eigenvalue weighted by Gasteiger charge is 2.26. The van der Waals surface area contributed by atoms with Gasteiger partial charge in [0.1, 0.15) is 0 Å². The molecular formula is C41H40ClN3O3. The molecule has 0 atom stereocenters. The van der Waals surface area contributed by atoms with Crippen molar-refractivity contribution in [2.75, 3.05) is 11.9 Å². The lowest BCUT2D eigenvalue weighted by atomic mass is 10.0. The van der Waals surface area contributed by atoms with Gasteiger partial charge in [0.05, 0.1) is 17.8 Å². The number of aryl methyl sites for hydroxylation is 3. The first-order valence-corrected chi connectivity index (χ1v) is 16.9. The van der Waals surface area contributed by atoms with E-state index in [2.05, 4.69) is 59.3 Å². The molecule has 244 valence electrons. The predicted octanol–water partition coefficient (Wildman–Crippen LogP) is 10.2. The number of amides is 1. The summed E-state index contributed by atoms with van der Waals surface area (Å²) in [6.07, 6.45) is 3.36. The van der Waals surface area contributed by atoms with Gasteiger partial charge >= 0.3 is 5.97 Å². The molecular weight excluding hydrogens is 618 g/mol. The van der Waals surface area contributed by atoms with Crippen LogP contribution in [0.3, 0.4) is 0 Å². The third-order valence-corrected chi connectivity index (χ3v) is 8.98. The predicted molar refractivity (Wildman–Crippen MR) is 196 cm³/mol. The third-order valence-electron chi connectivity index (χ3n) is 8.75. The van der Waals surface area contributed by atoms with Gasteiger partial charge in [0, 0.05) is 39.6 Å². The van der Waals surface area contributed by atoms with Crippen molar-refractivity contribution in [3.05, 3.63) is 142 Å². The van der Waals surface area contributed by atoms with Crippen molar-refractivity contribution < 1.29 is 14.3 Å². The molecule has 6 aromatic rings. The van der Waals surface area contributed by atoms with Crippen molar-refractivity contribution in [1.29, 1.82) is 0 Å². The zero-order valence-corrected chi connectivity index (χ0v) is 28.6. The van der Waals surface area contributed by atoms with Crippen LogP contribution < -0.4 is 5.32 Å². The van der Waals surface area contributed by atoms with Gasteiger partial charge in [-0.1, -0.05) is 79.5 Å². The molecule has 1 N–H and O–H groups in total. The van der Waals surface area contributed by atoms with E-state index in [0.29, 0.717) is 22.8 Å². The van der Waals surface area contributed by atoms with Gasteiger partial charge in [-0.05, 0) is 104 Å². The molecule has 4 aromatic carbocycles. The number of rotatable bonds is 11. The van der Waals surface area contributed by atoms with Gasteiger partial charge in [0.25, 0.3) is 5.91 Å². The SMILES string of the molecule is CCCCc1ccc(-c2ccc3c(NC(=O)c4cccc(-n5c(C)ccc5C)c4)c(C(=O)OCC)n(Cc4cccc(Cl)c4)c3c2)cc1. The summed E-state index contributed by atoms with van der Waals surface area (Å²) in [4.78, 5) is 27.8. The minimum Gasteiger partial charge on any atom is -0.461 e. The molecule has 1 amide bonds. The molecule has 0 saturated heterocycles. The van der Waals surface area contributed by atoms with Gasteiger partial charge in [0.15, 0.2) is 5.69 Å². The number of nitrogens with zero attached hydrogens (tertiary/aromatic N) is 2. The highest BCUT2D eigenvalue weighted by molar-refractivity contribution is 6.30. The fourth-order valence-electron chi connectivity index (χ4n) is 6.34. The van der Waals surface area contributed by atoms with E-state index in [1.165, 1.54) is 5.56 Å². The lowest BCUT2D eigenvalue weighted by Crippen LogP contribution is -2.18. The highest BCUT2D eigenvalue weighted by Crippen LogP contribution is 2.36. The second kappa shape index (κ2) is 14.4. The number of aromatic nitrogens is 2. The van der Waals surface area contributed by atoms with Gasteiger partial charge in [-0.3, -0.25) is 4.79 Å². The maximum absolute atomic E-state index is 14.0. The molecule has 6 rings (SSSR count). The average Bonchev–Trinajstić information content (AvgIpc) is 3.58. The van der Waals surface area contributed by atoms with E-state index in [4.69, 9.17) is 16.3 Å². The number of ether oxygens (including phenoxy) is 1. The first kappa shape index (κ1) is 32.9. The molecule has 2 aromatic heterocycles. The van der Waals surface area contributed by atoms with Crippen LogP contribution in [-0.4, -0.2) is 27.6 Å². The van der Waals surface area contributed by atoms with Crippen molar-refractivity contribution >= 4 is 40.1 Å². The Bertz CT molecular complexity index is 2090. The topological polar surface area (TPSA) is 65.3 Å². The zero-order valence-electron chi connectivity index (χ0n) is 27.8. The van der Waals surface area contributed by atoms with Crippen LogP contribution in [0.2, 0.25) is 5.02 Å². The Morgan fingerprint density at radius 1 is 0.792 bits per heavy atom. The van der Waals surface area contributed by atoms with E-state index in [1.807, 2.05) is 73.0 Å². The number of carbonyl (C=O) groups excluding carboxylic acids is 2. The molecule has 0 spiro atoms. The number of esters is 1. The van der Waals surface area contributed by atoms with Crippen LogP contribution in [0.25, 0.3) is 27.7 Å². The van der Waals surface area contributed by atoms with E-state index in [1.54, 1.807) is 13.0 Å². The first-order chi connectivity index (χ1) is 23.3. The lowest BCUT2D eigenvalue weighted by molar-refractivity contribution is 0.0516. The number of nitrogens with one attached hydrogen (secondary N) is 1.